The molecule has 2 aliphatic rings. The van der Waals surface area contributed by atoms with Crippen LogP contribution in [-0.2, 0) is 0 Å². The Hall–Kier alpha value is -2.98. The van der Waals surface area contributed by atoms with Gasteiger partial charge in [0.25, 0.3) is 0 Å². The minimum absolute atomic E-state index is 0. The maximum absolute atomic E-state index is 14.4. The monoisotopic (exact) mass is 464 g/mol. The van der Waals surface area contributed by atoms with E-state index in [2.05, 4.69) is 15.4 Å². The number of hydrogen-bond acceptors (Lipinski definition) is 5. The van der Waals surface area contributed by atoms with Crippen LogP contribution in [0, 0.1) is 11.6 Å². The van der Waals surface area contributed by atoms with Gasteiger partial charge in [0.1, 0.15) is 23.1 Å². The zero-order chi connectivity index (χ0) is 21.8. The molecule has 2 saturated heterocycles. The van der Waals surface area contributed by atoms with Crippen LogP contribution < -0.4 is 10.2 Å². The Morgan fingerprint density at radius 1 is 1.28 bits per heavy atom. The fraction of sp³-hybridized carbons (Fsp3) is 0.381. The van der Waals surface area contributed by atoms with Gasteiger partial charge in [-0.15, -0.1) is 12.4 Å². The van der Waals surface area contributed by atoms with Crippen LogP contribution in [-0.4, -0.2) is 55.9 Å². The predicted molar refractivity (Wildman–Crippen MR) is 117 cm³/mol. The molecule has 8 nitrogen and oxygen atoms in total. The average Bonchev–Trinajstić information content (AvgIpc) is 3.35. The molecule has 0 aliphatic carbocycles. The van der Waals surface area contributed by atoms with Crippen molar-refractivity contribution in [3.05, 3.63) is 53.9 Å². The van der Waals surface area contributed by atoms with Crippen LogP contribution >= 0.6 is 12.4 Å². The van der Waals surface area contributed by atoms with E-state index in [1.54, 1.807) is 23.7 Å². The van der Waals surface area contributed by atoms with E-state index in [0.29, 0.717) is 35.7 Å². The van der Waals surface area contributed by atoms with Gasteiger partial charge in [0.2, 0.25) is 0 Å². The highest BCUT2D eigenvalue weighted by molar-refractivity contribution is 5.93. The lowest BCUT2D eigenvalue weighted by atomic mass is 9.98. The molecular weight excluding hydrogens is 442 g/mol. The molecule has 3 aromatic rings. The number of anilines is 2. The number of aromatic nitrogens is 3. The molecule has 1 aromatic carbocycles. The Bertz CT molecular complexity index is 1160. The van der Waals surface area contributed by atoms with Crippen molar-refractivity contribution < 1.29 is 18.7 Å². The number of nitrogens with one attached hydrogen (secondary N) is 1. The zero-order valence-electron chi connectivity index (χ0n) is 17.3. The summed E-state index contributed by atoms with van der Waals surface area (Å²) in [4.78, 5) is 20.5. The van der Waals surface area contributed by atoms with Gasteiger partial charge in [-0.05, 0) is 44.0 Å². The van der Waals surface area contributed by atoms with Crippen LogP contribution in [0.4, 0.5) is 25.1 Å². The second-order valence-corrected chi connectivity index (χ2v) is 8.41. The van der Waals surface area contributed by atoms with Gasteiger partial charge in [-0.25, -0.2) is 23.1 Å². The molecule has 1 unspecified atom stereocenters. The summed E-state index contributed by atoms with van der Waals surface area (Å²) >= 11 is 0. The normalized spacial score (nSPS) is 19.6. The first kappa shape index (κ1) is 22.2. The van der Waals surface area contributed by atoms with E-state index in [1.807, 2.05) is 4.90 Å². The topological polar surface area (TPSA) is 86.0 Å². The van der Waals surface area contributed by atoms with Gasteiger partial charge in [0, 0.05) is 18.3 Å². The Labute approximate surface area is 189 Å². The number of likely N-dealkylation sites (tertiary alicyclic amines) is 1. The van der Waals surface area contributed by atoms with Gasteiger partial charge in [0.15, 0.2) is 5.65 Å². The summed E-state index contributed by atoms with van der Waals surface area (Å²) in [6.45, 7) is 2.84. The lowest BCUT2D eigenvalue weighted by Crippen LogP contribution is -2.62. The fourth-order valence-corrected chi connectivity index (χ4v) is 4.36. The number of benzene rings is 1. The number of nitrogens with zero attached hydrogens (tertiary/aromatic N) is 5. The van der Waals surface area contributed by atoms with Gasteiger partial charge < -0.3 is 20.2 Å². The number of fused-ring (bicyclic) bond motifs is 1. The summed E-state index contributed by atoms with van der Waals surface area (Å²) in [5.41, 5.74) is 0.335. The molecule has 0 saturated carbocycles. The molecule has 32 heavy (non-hydrogen) atoms. The Morgan fingerprint density at radius 3 is 2.81 bits per heavy atom. The summed E-state index contributed by atoms with van der Waals surface area (Å²) < 4.78 is 29.7. The van der Waals surface area contributed by atoms with E-state index in [-0.39, 0.29) is 37.6 Å². The van der Waals surface area contributed by atoms with Crippen LogP contribution in [0.5, 0.6) is 0 Å². The van der Waals surface area contributed by atoms with Crippen molar-refractivity contribution in [2.75, 3.05) is 29.9 Å². The number of hydrogen-bond donors (Lipinski definition) is 2. The molecule has 2 aromatic heterocycles. The predicted octanol–water partition coefficient (Wildman–Crippen LogP) is 3.37. The highest BCUT2D eigenvalue weighted by atomic mass is 35.5. The number of β-amino-alcohol motifs (C(OH)–C–C–N with tert-alkyl or cyclic N) is 1. The Kier molecular flexibility index (Phi) is 5.68. The third-order valence-electron chi connectivity index (χ3n) is 5.81. The number of aliphatic hydroxyl groups is 1. The molecule has 2 aliphatic heterocycles. The largest absolute Gasteiger partial charge is 0.386 e. The molecule has 4 heterocycles. The van der Waals surface area contributed by atoms with Gasteiger partial charge in [-0.2, -0.15) is 5.10 Å². The molecule has 2 amide bonds. The van der Waals surface area contributed by atoms with Crippen molar-refractivity contribution in [1.82, 2.24) is 19.5 Å². The molecule has 5 rings (SSSR count). The average molecular weight is 465 g/mol. The number of halogens is 3. The first-order chi connectivity index (χ1) is 14.8. The Morgan fingerprint density at radius 2 is 2.06 bits per heavy atom. The van der Waals surface area contributed by atoms with Gasteiger partial charge in [-0.3, -0.25) is 0 Å². The Balaban J connectivity index is 0.00000245. The minimum atomic E-state index is -0.860. The van der Waals surface area contributed by atoms with Crippen molar-refractivity contribution in [1.29, 1.82) is 0 Å². The smallest absolute Gasteiger partial charge is 0.322 e. The summed E-state index contributed by atoms with van der Waals surface area (Å²) in [5.74, 6) is -0.318. The van der Waals surface area contributed by atoms with Crippen LogP contribution in [0.1, 0.15) is 31.4 Å². The third-order valence-corrected chi connectivity index (χ3v) is 5.81. The van der Waals surface area contributed by atoms with Gasteiger partial charge >= 0.3 is 6.03 Å². The minimum Gasteiger partial charge on any atom is -0.386 e. The number of carbonyl (C=O) groups excluding carboxylic acids is 1. The number of amides is 2. The van der Waals surface area contributed by atoms with Crippen molar-refractivity contribution in [3.63, 3.8) is 0 Å². The number of rotatable bonds is 3. The maximum Gasteiger partial charge on any atom is 0.322 e. The molecule has 11 heteroatoms. The summed E-state index contributed by atoms with van der Waals surface area (Å²) in [5, 5.41) is 16.8. The first-order valence-corrected chi connectivity index (χ1v) is 10.1. The summed E-state index contributed by atoms with van der Waals surface area (Å²) in [6, 6.07) is 4.61. The highest BCUT2D eigenvalue weighted by Gasteiger charge is 2.39. The lowest BCUT2D eigenvalue weighted by Gasteiger charge is -2.43. The molecule has 170 valence electrons. The van der Waals surface area contributed by atoms with Crippen LogP contribution in [0.15, 0.2) is 36.7 Å². The van der Waals surface area contributed by atoms with E-state index < -0.39 is 17.2 Å². The lowest BCUT2D eigenvalue weighted by molar-refractivity contribution is -0.0581. The summed E-state index contributed by atoms with van der Waals surface area (Å²) in [6.07, 6.45) is 4.74. The molecule has 2 N–H and O–H groups in total. The van der Waals surface area contributed by atoms with Crippen molar-refractivity contribution in [3.8, 4) is 0 Å². The molecule has 0 spiro atoms. The molecular formula is C21H23ClF2N6O2. The SMILES string of the molecule is CC1(O)CN(C(=O)Nc2cnn3ccc(N4CCCC4c4cc(F)ccc4F)nc23)C1.Cl. The highest BCUT2D eigenvalue weighted by Crippen LogP contribution is 2.37. The standard InChI is InChI=1S/C21H22F2N6O2.ClH/c1-21(31)11-27(12-21)20(30)25-16-10-24-29-8-6-18(26-19(16)29)28-7-2-3-17(28)14-9-13(22)4-5-15(14)23;/h4-6,8-10,17,31H,2-3,7,11-12H2,1H3,(H,25,30);1H. The maximum atomic E-state index is 14.4. The zero-order valence-corrected chi connectivity index (χ0v) is 18.1. The second kappa shape index (κ2) is 8.18. The van der Waals surface area contributed by atoms with Crippen molar-refractivity contribution in [2.45, 2.75) is 31.4 Å². The van der Waals surface area contributed by atoms with Gasteiger partial charge in [0.05, 0.1) is 30.9 Å². The van der Waals surface area contributed by atoms with Crippen LogP contribution in [0.2, 0.25) is 0 Å². The van der Waals surface area contributed by atoms with Crippen LogP contribution in [0.25, 0.3) is 5.65 Å². The second-order valence-electron chi connectivity index (χ2n) is 8.41. The third kappa shape index (κ3) is 3.95. The molecule has 2 fully saturated rings. The van der Waals surface area contributed by atoms with Crippen molar-refractivity contribution >= 4 is 35.6 Å². The van der Waals surface area contributed by atoms with Crippen molar-refractivity contribution in [2.24, 2.45) is 0 Å². The quantitative estimate of drug-likeness (QED) is 0.620. The molecule has 0 radical (unpaired) electrons. The molecule has 1 atom stereocenters. The van der Waals surface area contributed by atoms with E-state index >= 15 is 0 Å². The van der Waals surface area contributed by atoms with Crippen LogP contribution in [0.3, 0.4) is 0 Å². The number of urea groups is 1. The molecule has 0 bridgehead atoms. The fourth-order valence-electron chi connectivity index (χ4n) is 4.36. The van der Waals surface area contributed by atoms with E-state index in [0.717, 1.165) is 18.6 Å². The summed E-state index contributed by atoms with van der Waals surface area (Å²) in [7, 11) is 0. The van der Waals surface area contributed by atoms with Gasteiger partial charge in [-0.1, -0.05) is 0 Å². The van der Waals surface area contributed by atoms with E-state index in [1.165, 1.54) is 17.2 Å². The number of carbonyl (C=O) groups is 1. The first-order valence-electron chi connectivity index (χ1n) is 10.1. The van der Waals surface area contributed by atoms with E-state index in [9.17, 15) is 18.7 Å². The van der Waals surface area contributed by atoms with E-state index in [4.69, 9.17) is 0 Å².